The van der Waals surface area contributed by atoms with Gasteiger partial charge in [-0.25, -0.2) is 8.42 Å². The number of rotatable bonds is 13. The van der Waals surface area contributed by atoms with Crippen LogP contribution in [0.2, 0.25) is 0 Å². The molecular formula is C27H39N3O4S. The molecule has 1 unspecified atom stereocenters. The molecule has 0 saturated heterocycles. The Hall–Kier alpha value is -2.87. The van der Waals surface area contributed by atoms with Crippen LogP contribution in [0.5, 0.6) is 0 Å². The molecule has 0 bridgehead atoms. The third-order valence-electron chi connectivity index (χ3n) is 5.96. The highest BCUT2D eigenvalue weighted by Gasteiger charge is 2.28. The zero-order chi connectivity index (χ0) is 26.0. The van der Waals surface area contributed by atoms with Crippen LogP contribution in [-0.2, 0) is 32.6 Å². The first-order valence-electron chi connectivity index (χ1n) is 12.3. The lowest BCUT2D eigenvalue weighted by molar-refractivity contribution is -0.141. The summed E-state index contributed by atoms with van der Waals surface area (Å²) in [5, 5.41) is 2.83. The van der Waals surface area contributed by atoms with Gasteiger partial charge in [-0.05, 0) is 56.4 Å². The van der Waals surface area contributed by atoms with Gasteiger partial charge in [-0.3, -0.25) is 13.9 Å². The van der Waals surface area contributed by atoms with E-state index in [1.54, 1.807) is 17.0 Å². The van der Waals surface area contributed by atoms with Crippen LogP contribution in [0, 0.1) is 6.92 Å². The molecule has 35 heavy (non-hydrogen) atoms. The highest BCUT2D eigenvalue weighted by atomic mass is 32.2. The first-order chi connectivity index (χ1) is 16.6. The third-order valence-corrected chi connectivity index (χ3v) is 7.15. The number of carbonyl (C=O) groups excluding carboxylic acids is 2. The molecule has 0 aliphatic carbocycles. The minimum atomic E-state index is -3.51. The van der Waals surface area contributed by atoms with Crippen molar-refractivity contribution < 1.29 is 18.0 Å². The van der Waals surface area contributed by atoms with E-state index < -0.39 is 16.1 Å². The number of sulfonamides is 1. The summed E-state index contributed by atoms with van der Waals surface area (Å²) in [7, 11) is -3.51. The highest BCUT2D eigenvalue weighted by Crippen LogP contribution is 2.20. The van der Waals surface area contributed by atoms with E-state index in [1.807, 2.05) is 64.1 Å². The van der Waals surface area contributed by atoms with Gasteiger partial charge in [0.25, 0.3) is 0 Å². The predicted octanol–water partition coefficient (Wildman–Crippen LogP) is 4.05. The Kier molecular flexibility index (Phi) is 10.8. The standard InChI is InChI=1S/C27H39N3O4S/c1-6-22-14-16-24(17-15-22)30(35(5,33)34)18-10-13-26(31)29(25(7-2)27(32)28-8-3)20-23-12-9-11-21(4)19-23/h9,11-12,14-17,19,25H,6-8,10,13,18,20H2,1-5H3,(H,28,32). The molecule has 1 atom stereocenters. The minimum Gasteiger partial charge on any atom is -0.355 e. The molecule has 0 fully saturated rings. The molecule has 2 amide bonds. The van der Waals surface area contributed by atoms with E-state index in [1.165, 1.54) is 10.6 Å². The fraction of sp³-hybridized carbons (Fsp3) is 0.481. The van der Waals surface area contributed by atoms with Crippen LogP contribution >= 0.6 is 0 Å². The molecular weight excluding hydrogens is 462 g/mol. The fourth-order valence-electron chi connectivity index (χ4n) is 4.12. The predicted molar refractivity (Wildman–Crippen MR) is 142 cm³/mol. The van der Waals surface area contributed by atoms with Gasteiger partial charge in [0.1, 0.15) is 6.04 Å². The summed E-state index contributed by atoms with van der Waals surface area (Å²) in [4.78, 5) is 27.7. The van der Waals surface area contributed by atoms with Crippen molar-refractivity contribution in [2.75, 3.05) is 23.7 Å². The number of anilines is 1. The van der Waals surface area contributed by atoms with Gasteiger partial charge in [0, 0.05) is 26.1 Å². The Morgan fingerprint density at radius 2 is 1.69 bits per heavy atom. The molecule has 0 aliphatic heterocycles. The van der Waals surface area contributed by atoms with Crippen LogP contribution in [0.25, 0.3) is 0 Å². The van der Waals surface area contributed by atoms with E-state index >= 15 is 0 Å². The molecule has 7 nitrogen and oxygen atoms in total. The number of hydrogen-bond donors (Lipinski definition) is 1. The van der Waals surface area contributed by atoms with Crippen LogP contribution < -0.4 is 9.62 Å². The summed E-state index contributed by atoms with van der Waals surface area (Å²) in [6.45, 7) is 8.77. The van der Waals surface area contributed by atoms with Crippen LogP contribution in [0.3, 0.4) is 0 Å². The number of amides is 2. The van der Waals surface area contributed by atoms with Crippen molar-refractivity contribution in [3.8, 4) is 0 Å². The lowest BCUT2D eigenvalue weighted by Gasteiger charge is -2.31. The second kappa shape index (κ2) is 13.3. The molecule has 8 heteroatoms. The van der Waals surface area contributed by atoms with Crippen molar-refractivity contribution in [3.63, 3.8) is 0 Å². The van der Waals surface area contributed by atoms with Crippen LogP contribution in [0.1, 0.15) is 56.7 Å². The molecule has 0 radical (unpaired) electrons. The maximum absolute atomic E-state index is 13.4. The van der Waals surface area contributed by atoms with Gasteiger partial charge in [-0.1, -0.05) is 55.8 Å². The Labute approximate surface area is 210 Å². The van der Waals surface area contributed by atoms with Gasteiger partial charge < -0.3 is 10.2 Å². The van der Waals surface area contributed by atoms with Crippen molar-refractivity contribution in [1.82, 2.24) is 10.2 Å². The Morgan fingerprint density at radius 1 is 1.00 bits per heavy atom. The van der Waals surface area contributed by atoms with Crippen molar-refractivity contribution in [1.29, 1.82) is 0 Å². The lowest BCUT2D eigenvalue weighted by Crippen LogP contribution is -2.49. The number of benzene rings is 2. The zero-order valence-electron chi connectivity index (χ0n) is 21.6. The van der Waals surface area contributed by atoms with Gasteiger partial charge in [0.15, 0.2) is 0 Å². The van der Waals surface area contributed by atoms with E-state index in [-0.39, 0.29) is 24.8 Å². The van der Waals surface area contributed by atoms with Crippen LogP contribution in [0.15, 0.2) is 48.5 Å². The quantitative estimate of drug-likeness (QED) is 0.449. The van der Waals surface area contributed by atoms with Crippen molar-refractivity contribution in [2.24, 2.45) is 0 Å². The second-order valence-electron chi connectivity index (χ2n) is 8.79. The minimum absolute atomic E-state index is 0.140. The molecule has 0 saturated carbocycles. The van der Waals surface area contributed by atoms with E-state index in [0.717, 1.165) is 23.1 Å². The fourth-order valence-corrected chi connectivity index (χ4v) is 5.09. The topological polar surface area (TPSA) is 86.8 Å². The summed E-state index contributed by atoms with van der Waals surface area (Å²) >= 11 is 0. The van der Waals surface area contributed by atoms with E-state index in [4.69, 9.17) is 0 Å². The number of nitrogens with zero attached hydrogens (tertiary/aromatic N) is 2. The number of nitrogens with one attached hydrogen (secondary N) is 1. The third kappa shape index (κ3) is 8.38. The van der Waals surface area contributed by atoms with Gasteiger partial charge in [0.2, 0.25) is 21.8 Å². The summed E-state index contributed by atoms with van der Waals surface area (Å²) in [6, 6.07) is 14.7. The Morgan fingerprint density at radius 3 is 2.23 bits per heavy atom. The Bertz CT molecular complexity index is 1080. The van der Waals surface area contributed by atoms with Crippen molar-refractivity contribution >= 4 is 27.5 Å². The highest BCUT2D eigenvalue weighted by molar-refractivity contribution is 7.92. The van der Waals surface area contributed by atoms with Crippen molar-refractivity contribution in [2.45, 2.75) is 66.0 Å². The first kappa shape index (κ1) is 28.4. The molecule has 0 heterocycles. The lowest BCUT2D eigenvalue weighted by atomic mass is 10.1. The normalized spacial score (nSPS) is 12.1. The van der Waals surface area contributed by atoms with E-state index in [0.29, 0.717) is 31.6 Å². The average Bonchev–Trinajstić information content (AvgIpc) is 2.81. The number of carbonyl (C=O) groups is 2. The molecule has 2 aromatic rings. The molecule has 192 valence electrons. The number of aryl methyl sites for hydroxylation is 2. The summed E-state index contributed by atoms with van der Waals surface area (Å²) < 4.78 is 26.3. The largest absolute Gasteiger partial charge is 0.355 e. The molecule has 2 rings (SSSR count). The summed E-state index contributed by atoms with van der Waals surface area (Å²) in [6.07, 6.45) is 3.02. The van der Waals surface area contributed by atoms with Crippen LogP contribution in [-0.4, -0.2) is 50.5 Å². The Balaban J connectivity index is 2.19. The molecule has 0 aromatic heterocycles. The number of hydrogen-bond acceptors (Lipinski definition) is 4. The maximum atomic E-state index is 13.4. The van der Waals surface area contributed by atoms with Gasteiger partial charge in [-0.15, -0.1) is 0 Å². The van der Waals surface area contributed by atoms with Gasteiger partial charge in [-0.2, -0.15) is 0 Å². The molecule has 2 aromatic carbocycles. The van der Waals surface area contributed by atoms with E-state index in [9.17, 15) is 18.0 Å². The van der Waals surface area contributed by atoms with Crippen molar-refractivity contribution in [3.05, 3.63) is 65.2 Å². The molecule has 1 N–H and O–H groups in total. The maximum Gasteiger partial charge on any atom is 0.242 e. The SMILES string of the molecule is CCNC(=O)C(CC)N(Cc1cccc(C)c1)C(=O)CCCN(c1ccc(CC)cc1)S(C)(=O)=O. The van der Waals surface area contributed by atoms with E-state index in [2.05, 4.69) is 5.32 Å². The zero-order valence-corrected chi connectivity index (χ0v) is 22.4. The van der Waals surface area contributed by atoms with Crippen LogP contribution in [0.4, 0.5) is 5.69 Å². The smallest absolute Gasteiger partial charge is 0.242 e. The van der Waals surface area contributed by atoms with Gasteiger partial charge >= 0.3 is 0 Å². The monoisotopic (exact) mass is 501 g/mol. The summed E-state index contributed by atoms with van der Waals surface area (Å²) in [5.74, 6) is -0.343. The first-order valence-corrected chi connectivity index (χ1v) is 14.1. The summed E-state index contributed by atoms with van der Waals surface area (Å²) in [5.41, 5.74) is 3.75. The molecule has 0 aliphatic rings. The average molecular weight is 502 g/mol. The van der Waals surface area contributed by atoms with Gasteiger partial charge in [0.05, 0.1) is 11.9 Å². The molecule has 0 spiro atoms. The number of likely N-dealkylation sites (N-methyl/N-ethyl adjacent to an activating group) is 1. The second-order valence-corrected chi connectivity index (χ2v) is 10.7.